The molecule has 6 unspecified atom stereocenters. The molecule has 1 aliphatic heterocycles. The van der Waals surface area contributed by atoms with E-state index in [1.807, 2.05) is 13.0 Å². The lowest BCUT2D eigenvalue weighted by Gasteiger charge is -2.25. The molecule has 0 aromatic carbocycles. The Morgan fingerprint density at radius 3 is 2.86 bits per heavy atom. The van der Waals surface area contributed by atoms with Crippen LogP contribution in [-0.2, 0) is 19.1 Å². The van der Waals surface area contributed by atoms with Crippen LogP contribution in [0, 0.1) is 17.8 Å². The summed E-state index contributed by atoms with van der Waals surface area (Å²) in [6.07, 6.45) is 1.86. The molecule has 1 heterocycles. The molecule has 0 aromatic heterocycles. The summed E-state index contributed by atoms with van der Waals surface area (Å²) >= 11 is 0. The summed E-state index contributed by atoms with van der Waals surface area (Å²) in [5.74, 6) is -0.821. The van der Waals surface area contributed by atoms with Gasteiger partial charge < -0.3 is 14.6 Å². The molecular formula is C16H20O5. The molecule has 6 atom stereocenters. The zero-order valence-corrected chi connectivity index (χ0v) is 12.2. The molecule has 1 saturated carbocycles. The molecule has 0 bridgehead atoms. The Morgan fingerprint density at radius 1 is 1.48 bits per heavy atom. The molecule has 5 heteroatoms. The van der Waals surface area contributed by atoms with E-state index in [1.54, 1.807) is 0 Å². The van der Waals surface area contributed by atoms with Crippen molar-refractivity contribution in [2.24, 2.45) is 17.8 Å². The zero-order valence-electron chi connectivity index (χ0n) is 12.2. The first-order chi connectivity index (χ1) is 9.88. The fourth-order valence-corrected chi connectivity index (χ4v) is 4.06. The minimum absolute atomic E-state index is 0.0130. The van der Waals surface area contributed by atoms with Crippen molar-refractivity contribution in [3.63, 3.8) is 0 Å². The third kappa shape index (κ3) is 2.29. The SMILES string of the molecule is C=C1C(=O)OC2C=C(C)C3C(OC(C)=O)CC(O)C3CC12. The van der Waals surface area contributed by atoms with E-state index in [4.69, 9.17) is 9.47 Å². The molecule has 3 aliphatic rings. The number of hydrogen-bond donors (Lipinski definition) is 1. The van der Waals surface area contributed by atoms with Crippen molar-refractivity contribution in [1.82, 2.24) is 0 Å². The highest BCUT2D eigenvalue weighted by Crippen LogP contribution is 2.48. The smallest absolute Gasteiger partial charge is 0.334 e. The standard InChI is InChI=1S/C16H20O5/c1-7-4-13-10(8(2)16(19)21-13)5-11-12(18)6-14(15(7)11)20-9(3)17/h4,10-15,18H,2,5-6H2,1,3H3. The van der Waals surface area contributed by atoms with Crippen molar-refractivity contribution in [1.29, 1.82) is 0 Å². The van der Waals surface area contributed by atoms with E-state index < -0.39 is 6.10 Å². The summed E-state index contributed by atoms with van der Waals surface area (Å²) in [7, 11) is 0. The number of fused-ring (bicyclic) bond motifs is 2. The van der Waals surface area contributed by atoms with Crippen LogP contribution in [0.3, 0.4) is 0 Å². The number of aliphatic hydroxyl groups is 1. The topological polar surface area (TPSA) is 72.8 Å². The largest absolute Gasteiger partial charge is 0.462 e. The highest BCUT2D eigenvalue weighted by Gasteiger charge is 2.51. The van der Waals surface area contributed by atoms with Crippen molar-refractivity contribution in [3.8, 4) is 0 Å². The number of aliphatic hydroxyl groups excluding tert-OH is 1. The maximum Gasteiger partial charge on any atom is 0.334 e. The number of carbonyl (C=O) groups excluding carboxylic acids is 2. The Hall–Kier alpha value is -1.62. The van der Waals surface area contributed by atoms with Crippen molar-refractivity contribution in [2.45, 2.75) is 45.0 Å². The summed E-state index contributed by atoms with van der Waals surface area (Å²) in [6, 6.07) is 0. The van der Waals surface area contributed by atoms with Gasteiger partial charge in [0, 0.05) is 30.8 Å². The highest BCUT2D eigenvalue weighted by molar-refractivity contribution is 5.91. The first-order valence-electron chi connectivity index (χ1n) is 7.32. The number of rotatable bonds is 1. The van der Waals surface area contributed by atoms with Crippen LogP contribution in [0.4, 0.5) is 0 Å². The maximum atomic E-state index is 11.7. The van der Waals surface area contributed by atoms with Crippen LogP contribution in [0.1, 0.15) is 26.7 Å². The molecule has 114 valence electrons. The van der Waals surface area contributed by atoms with Crippen LogP contribution < -0.4 is 0 Å². The van der Waals surface area contributed by atoms with Gasteiger partial charge >= 0.3 is 11.9 Å². The third-order valence-corrected chi connectivity index (χ3v) is 4.98. The van der Waals surface area contributed by atoms with Gasteiger partial charge in [-0.3, -0.25) is 4.79 Å². The fourth-order valence-electron chi connectivity index (χ4n) is 4.06. The van der Waals surface area contributed by atoms with Gasteiger partial charge in [-0.2, -0.15) is 0 Å². The van der Waals surface area contributed by atoms with Crippen LogP contribution in [-0.4, -0.2) is 35.4 Å². The summed E-state index contributed by atoms with van der Waals surface area (Å²) in [4.78, 5) is 22.9. The summed E-state index contributed by atoms with van der Waals surface area (Å²) in [6.45, 7) is 7.15. The summed E-state index contributed by atoms with van der Waals surface area (Å²) in [5, 5.41) is 10.3. The molecule has 0 amide bonds. The van der Waals surface area contributed by atoms with E-state index >= 15 is 0 Å². The van der Waals surface area contributed by atoms with E-state index in [1.165, 1.54) is 6.92 Å². The van der Waals surface area contributed by atoms with Crippen molar-refractivity contribution < 1.29 is 24.2 Å². The lowest BCUT2D eigenvalue weighted by Crippen LogP contribution is -2.26. The van der Waals surface area contributed by atoms with Gasteiger partial charge in [-0.15, -0.1) is 0 Å². The fraction of sp³-hybridized carbons (Fsp3) is 0.625. The average Bonchev–Trinajstić information content (AvgIpc) is 2.75. The van der Waals surface area contributed by atoms with Gasteiger partial charge in [0.15, 0.2) is 0 Å². The molecule has 0 radical (unpaired) electrons. The Morgan fingerprint density at radius 2 is 2.19 bits per heavy atom. The lowest BCUT2D eigenvalue weighted by atomic mass is 9.82. The van der Waals surface area contributed by atoms with Crippen LogP contribution >= 0.6 is 0 Å². The molecule has 2 aliphatic carbocycles. The molecule has 2 fully saturated rings. The minimum Gasteiger partial charge on any atom is -0.462 e. The quantitative estimate of drug-likeness (QED) is 0.449. The predicted octanol–water partition coefficient (Wildman–Crippen LogP) is 1.36. The lowest BCUT2D eigenvalue weighted by molar-refractivity contribution is -0.147. The van der Waals surface area contributed by atoms with Crippen molar-refractivity contribution in [3.05, 3.63) is 23.8 Å². The second kappa shape index (κ2) is 4.98. The summed E-state index contributed by atoms with van der Waals surface area (Å²) in [5.41, 5.74) is 1.49. The average molecular weight is 292 g/mol. The molecule has 0 spiro atoms. The van der Waals surface area contributed by atoms with Gasteiger partial charge in [0.2, 0.25) is 0 Å². The zero-order chi connectivity index (χ0) is 15.3. The molecular weight excluding hydrogens is 272 g/mol. The Labute approximate surface area is 123 Å². The van der Waals surface area contributed by atoms with Crippen molar-refractivity contribution >= 4 is 11.9 Å². The molecule has 5 nitrogen and oxygen atoms in total. The van der Waals surface area contributed by atoms with E-state index in [2.05, 4.69) is 6.58 Å². The van der Waals surface area contributed by atoms with E-state index in [9.17, 15) is 14.7 Å². The normalized spacial score (nSPS) is 41.8. The Bertz CT molecular complexity index is 535. The first-order valence-corrected chi connectivity index (χ1v) is 7.32. The predicted molar refractivity (Wildman–Crippen MR) is 74.0 cm³/mol. The molecule has 1 N–H and O–H groups in total. The van der Waals surface area contributed by atoms with Crippen LogP contribution in [0.5, 0.6) is 0 Å². The summed E-state index contributed by atoms with van der Waals surface area (Å²) < 4.78 is 10.7. The van der Waals surface area contributed by atoms with Gasteiger partial charge in [-0.05, 0) is 25.3 Å². The van der Waals surface area contributed by atoms with Gasteiger partial charge in [-0.1, -0.05) is 12.2 Å². The van der Waals surface area contributed by atoms with Gasteiger partial charge in [0.25, 0.3) is 0 Å². The Balaban J connectivity index is 1.92. The molecule has 1 saturated heterocycles. The van der Waals surface area contributed by atoms with E-state index in [0.717, 1.165) is 5.57 Å². The molecule has 21 heavy (non-hydrogen) atoms. The monoisotopic (exact) mass is 292 g/mol. The van der Waals surface area contributed by atoms with E-state index in [0.29, 0.717) is 18.4 Å². The minimum atomic E-state index is -0.537. The first kappa shape index (κ1) is 14.3. The van der Waals surface area contributed by atoms with Crippen LogP contribution in [0.15, 0.2) is 23.8 Å². The second-order valence-electron chi connectivity index (χ2n) is 6.29. The van der Waals surface area contributed by atoms with Crippen LogP contribution in [0.25, 0.3) is 0 Å². The second-order valence-corrected chi connectivity index (χ2v) is 6.29. The highest BCUT2D eigenvalue weighted by atomic mass is 16.6. The van der Waals surface area contributed by atoms with Gasteiger partial charge in [-0.25, -0.2) is 4.79 Å². The molecule has 3 rings (SSSR count). The molecule has 0 aromatic rings. The Kier molecular flexibility index (Phi) is 3.40. The van der Waals surface area contributed by atoms with Gasteiger partial charge in [0.05, 0.1) is 6.10 Å². The van der Waals surface area contributed by atoms with Crippen LogP contribution in [0.2, 0.25) is 0 Å². The number of ether oxygens (including phenoxy) is 2. The van der Waals surface area contributed by atoms with Gasteiger partial charge in [0.1, 0.15) is 12.2 Å². The number of hydrogen-bond acceptors (Lipinski definition) is 5. The number of esters is 2. The third-order valence-electron chi connectivity index (χ3n) is 4.98. The van der Waals surface area contributed by atoms with Crippen molar-refractivity contribution in [2.75, 3.05) is 0 Å². The maximum absolute atomic E-state index is 11.7. The van der Waals surface area contributed by atoms with E-state index in [-0.39, 0.29) is 41.9 Å². The number of carbonyl (C=O) groups is 2.